The standard InChI is InChI=1S/C33H35FN6O2/c1-3-28(41)40-15-14-39(18-22(40)11-12-35)32-26-10-9-25(24-8-4-6-20-16-21-17-27(21)29(20)24)30(34)31(26)36-33(37-32)42-19-23-7-5-13-38(23)2/h3-4,6,8-10,21-23,27H,1,5,7,11,13-19H2,2H3/t21-,22-,23-,27+/m0/s1. The molecule has 3 aromatic rings. The highest BCUT2D eigenvalue weighted by molar-refractivity contribution is 5.94. The van der Waals surface area contributed by atoms with Crippen LogP contribution in [0, 0.1) is 23.1 Å². The number of ether oxygens (including phenoxy) is 1. The molecule has 4 aliphatic rings. The monoisotopic (exact) mass is 566 g/mol. The van der Waals surface area contributed by atoms with Crippen molar-refractivity contribution in [2.24, 2.45) is 5.92 Å². The molecule has 3 fully saturated rings. The minimum atomic E-state index is -0.370. The second-order valence-corrected chi connectivity index (χ2v) is 12.1. The highest BCUT2D eigenvalue weighted by Crippen LogP contribution is 2.58. The number of likely N-dealkylation sites (N-methyl/N-ethyl adjacent to an activating group) is 1. The third kappa shape index (κ3) is 4.58. The van der Waals surface area contributed by atoms with Crippen LogP contribution in [0.25, 0.3) is 22.0 Å². The number of nitriles is 1. The number of hydrogen-bond donors (Lipinski definition) is 0. The molecule has 0 radical (unpaired) electrons. The molecule has 1 aromatic heterocycles. The number of rotatable bonds is 7. The Kier molecular flexibility index (Phi) is 6.82. The molecule has 216 valence electrons. The van der Waals surface area contributed by atoms with Gasteiger partial charge in [0, 0.05) is 36.6 Å². The van der Waals surface area contributed by atoms with Gasteiger partial charge in [-0.3, -0.25) is 4.79 Å². The molecule has 1 amide bonds. The van der Waals surface area contributed by atoms with Crippen molar-refractivity contribution < 1.29 is 13.9 Å². The maximum Gasteiger partial charge on any atom is 0.319 e. The lowest BCUT2D eigenvalue weighted by Crippen LogP contribution is -2.55. The molecule has 0 unspecified atom stereocenters. The summed E-state index contributed by atoms with van der Waals surface area (Å²) in [6.45, 7) is 6.35. The number of fused-ring (bicyclic) bond motifs is 4. The molecular weight excluding hydrogens is 531 g/mol. The van der Waals surface area contributed by atoms with E-state index in [1.807, 2.05) is 29.2 Å². The van der Waals surface area contributed by atoms with Gasteiger partial charge in [0.25, 0.3) is 0 Å². The normalized spacial score (nSPS) is 24.8. The second-order valence-electron chi connectivity index (χ2n) is 12.1. The van der Waals surface area contributed by atoms with Crippen LogP contribution in [0.4, 0.5) is 10.2 Å². The Morgan fingerprint density at radius 3 is 2.86 bits per heavy atom. The number of nitrogens with zero attached hydrogens (tertiary/aromatic N) is 6. The van der Waals surface area contributed by atoms with E-state index in [2.05, 4.69) is 35.6 Å². The molecule has 7 rings (SSSR count). The number of aromatic nitrogens is 2. The van der Waals surface area contributed by atoms with Gasteiger partial charge in [-0.15, -0.1) is 0 Å². The van der Waals surface area contributed by atoms with E-state index in [0.29, 0.717) is 54.8 Å². The van der Waals surface area contributed by atoms with Crippen LogP contribution in [0.15, 0.2) is 43.0 Å². The first-order chi connectivity index (χ1) is 20.5. The molecule has 2 aliphatic heterocycles. The molecule has 2 aliphatic carbocycles. The molecule has 4 atom stereocenters. The summed E-state index contributed by atoms with van der Waals surface area (Å²) in [7, 11) is 2.09. The number of likely N-dealkylation sites (tertiary alicyclic amines) is 1. The quantitative estimate of drug-likeness (QED) is 0.384. The van der Waals surface area contributed by atoms with Gasteiger partial charge in [-0.25, -0.2) is 4.39 Å². The van der Waals surface area contributed by atoms with Crippen molar-refractivity contribution in [3.05, 3.63) is 59.9 Å². The molecule has 9 heteroatoms. The van der Waals surface area contributed by atoms with Crippen LogP contribution in [-0.4, -0.2) is 77.6 Å². The zero-order valence-electron chi connectivity index (χ0n) is 23.9. The van der Waals surface area contributed by atoms with Gasteiger partial charge in [0.05, 0.1) is 18.5 Å². The molecular formula is C33H35FN6O2. The lowest BCUT2D eigenvalue weighted by molar-refractivity contribution is -0.128. The minimum absolute atomic E-state index is 0.149. The third-order valence-electron chi connectivity index (χ3n) is 9.67. The molecule has 0 spiro atoms. The van der Waals surface area contributed by atoms with Gasteiger partial charge in [0.15, 0.2) is 5.82 Å². The zero-order chi connectivity index (χ0) is 29.0. The van der Waals surface area contributed by atoms with Crippen LogP contribution in [0.5, 0.6) is 6.01 Å². The number of halogens is 1. The molecule has 8 nitrogen and oxygen atoms in total. The van der Waals surface area contributed by atoms with Crippen molar-refractivity contribution in [3.8, 4) is 23.2 Å². The summed E-state index contributed by atoms with van der Waals surface area (Å²) in [6.07, 6.45) is 5.87. The number of carbonyl (C=O) groups is 1. The summed E-state index contributed by atoms with van der Waals surface area (Å²) in [6, 6.07) is 12.3. The Bertz CT molecular complexity index is 1620. The summed E-state index contributed by atoms with van der Waals surface area (Å²) in [5.41, 5.74) is 4.37. The van der Waals surface area contributed by atoms with E-state index in [1.165, 1.54) is 23.6 Å². The zero-order valence-corrected chi connectivity index (χ0v) is 23.9. The minimum Gasteiger partial charge on any atom is -0.462 e. The first kappa shape index (κ1) is 26.8. The predicted molar refractivity (Wildman–Crippen MR) is 159 cm³/mol. The maximum absolute atomic E-state index is 16.6. The maximum atomic E-state index is 16.6. The Balaban J connectivity index is 1.30. The van der Waals surface area contributed by atoms with Crippen LogP contribution in [0.1, 0.15) is 42.7 Å². The van der Waals surface area contributed by atoms with E-state index in [0.717, 1.165) is 31.4 Å². The van der Waals surface area contributed by atoms with Crippen molar-refractivity contribution in [2.45, 2.75) is 50.1 Å². The number of carbonyl (C=O) groups excluding carboxylic acids is 1. The molecule has 0 bridgehead atoms. The number of piperazine rings is 1. The van der Waals surface area contributed by atoms with E-state index in [9.17, 15) is 10.1 Å². The molecule has 2 aromatic carbocycles. The lowest BCUT2D eigenvalue weighted by atomic mass is 9.93. The highest BCUT2D eigenvalue weighted by atomic mass is 19.1. The summed E-state index contributed by atoms with van der Waals surface area (Å²) in [4.78, 5) is 28.0. The molecule has 0 N–H and O–H groups in total. The average molecular weight is 567 g/mol. The first-order valence-electron chi connectivity index (χ1n) is 15.0. The van der Waals surface area contributed by atoms with Crippen molar-refractivity contribution >= 4 is 22.6 Å². The third-order valence-corrected chi connectivity index (χ3v) is 9.67. The van der Waals surface area contributed by atoms with Crippen molar-refractivity contribution in [1.29, 1.82) is 5.26 Å². The van der Waals surface area contributed by atoms with Gasteiger partial charge < -0.3 is 19.4 Å². The fraction of sp³-hybridized carbons (Fsp3) is 0.455. The lowest BCUT2D eigenvalue weighted by Gasteiger charge is -2.41. The van der Waals surface area contributed by atoms with Gasteiger partial charge in [-0.05, 0) is 79.9 Å². The summed E-state index contributed by atoms with van der Waals surface area (Å²) in [5, 5.41) is 10.1. The highest BCUT2D eigenvalue weighted by Gasteiger charge is 2.46. The number of benzene rings is 2. The Labute approximate surface area is 245 Å². The van der Waals surface area contributed by atoms with Crippen molar-refractivity contribution in [1.82, 2.24) is 19.8 Å². The largest absolute Gasteiger partial charge is 0.462 e. The van der Waals surface area contributed by atoms with Gasteiger partial charge >= 0.3 is 6.01 Å². The van der Waals surface area contributed by atoms with Gasteiger partial charge in [0.2, 0.25) is 5.91 Å². The van der Waals surface area contributed by atoms with Crippen LogP contribution >= 0.6 is 0 Å². The molecule has 42 heavy (non-hydrogen) atoms. The van der Waals surface area contributed by atoms with E-state index in [1.54, 1.807) is 4.90 Å². The van der Waals surface area contributed by atoms with E-state index >= 15 is 4.39 Å². The fourth-order valence-corrected chi connectivity index (χ4v) is 7.31. The van der Waals surface area contributed by atoms with Crippen LogP contribution < -0.4 is 9.64 Å². The molecule has 1 saturated carbocycles. The Hall–Kier alpha value is -4.03. The van der Waals surface area contributed by atoms with Gasteiger partial charge in [0.1, 0.15) is 17.9 Å². The first-order valence-corrected chi connectivity index (χ1v) is 15.0. The second kappa shape index (κ2) is 10.7. The number of hydrogen-bond acceptors (Lipinski definition) is 7. The van der Waals surface area contributed by atoms with Gasteiger partial charge in [-0.1, -0.05) is 30.8 Å². The number of anilines is 1. The topological polar surface area (TPSA) is 85.6 Å². The van der Waals surface area contributed by atoms with E-state index in [-0.39, 0.29) is 41.8 Å². The number of amides is 1. The average Bonchev–Trinajstić information content (AvgIpc) is 3.48. The van der Waals surface area contributed by atoms with Gasteiger partial charge in [-0.2, -0.15) is 15.2 Å². The van der Waals surface area contributed by atoms with Crippen molar-refractivity contribution in [3.63, 3.8) is 0 Å². The van der Waals surface area contributed by atoms with E-state index in [4.69, 9.17) is 9.72 Å². The van der Waals surface area contributed by atoms with E-state index < -0.39 is 0 Å². The Morgan fingerprint density at radius 2 is 2.07 bits per heavy atom. The fourth-order valence-electron chi connectivity index (χ4n) is 7.31. The van der Waals surface area contributed by atoms with Crippen LogP contribution in [0.2, 0.25) is 0 Å². The Morgan fingerprint density at radius 1 is 1.19 bits per heavy atom. The smallest absolute Gasteiger partial charge is 0.319 e. The summed E-state index contributed by atoms with van der Waals surface area (Å²) in [5.74, 6) is 1.22. The summed E-state index contributed by atoms with van der Waals surface area (Å²) >= 11 is 0. The predicted octanol–water partition coefficient (Wildman–Crippen LogP) is 4.69. The molecule has 2 saturated heterocycles. The van der Waals surface area contributed by atoms with Crippen LogP contribution in [0.3, 0.4) is 0 Å². The van der Waals surface area contributed by atoms with Crippen molar-refractivity contribution in [2.75, 3.05) is 44.7 Å². The van der Waals surface area contributed by atoms with Crippen LogP contribution in [-0.2, 0) is 11.2 Å². The summed E-state index contributed by atoms with van der Waals surface area (Å²) < 4.78 is 22.8. The SMILES string of the molecule is C=CC(=O)N1CCN(c2nc(OC[C@@H]3CCCN3C)nc3c(F)c(-c4cccc5c4[C@@H]4C[C@@H]4C5)ccc23)C[C@@H]1CC#N. The molecule has 3 heterocycles.